The van der Waals surface area contributed by atoms with Gasteiger partial charge in [-0.25, -0.2) is 4.39 Å². The number of rotatable bonds is 5. The molecular weight excluding hydrogens is 317 g/mol. The smallest absolute Gasteiger partial charge is 0.219 e. The molecule has 1 fully saturated rings. The van der Waals surface area contributed by atoms with Gasteiger partial charge in [-0.2, -0.15) is 0 Å². The van der Waals surface area contributed by atoms with Gasteiger partial charge in [0.25, 0.3) is 0 Å². The van der Waals surface area contributed by atoms with Crippen LogP contribution in [0.25, 0.3) is 0 Å². The Morgan fingerprint density at radius 2 is 1.64 bits per heavy atom. The van der Waals surface area contributed by atoms with Gasteiger partial charge < -0.3 is 9.64 Å². The van der Waals surface area contributed by atoms with Gasteiger partial charge in [0.2, 0.25) is 5.91 Å². The first-order valence-corrected chi connectivity index (χ1v) is 8.82. The minimum Gasteiger partial charge on any atom is -0.489 e. The molecule has 0 aliphatic carbocycles. The second-order valence-corrected chi connectivity index (χ2v) is 6.71. The Labute approximate surface area is 148 Å². The van der Waals surface area contributed by atoms with E-state index in [-0.39, 0.29) is 11.7 Å². The Hall–Kier alpha value is -2.36. The second kappa shape index (κ2) is 8.15. The number of nitrogens with zero attached hydrogens (tertiary/aromatic N) is 1. The summed E-state index contributed by atoms with van der Waals surface area (Å²) < 4.78 is 18.5. The van der Waals surface area contributed by atoms with Crippen LogP contribution in [0.4, 0.5) is 4.39 Å². The van der Waals surface area contributed by atoms with Gasteiger partial charge in [0, 0.05) is 20.0 Å². The van der Waals surface area contributed by atoms with E-state index in [1.54, 1.807) is 19.1 Å². The van der Waals surface area contributed by atoms with Crippen molar-refractivity contribution in [2.75, 3.05) is 13.1 Å². The zero-order valence-electron chi connectivity index (χ0n) is 14.6. The van der Waals surface area contributed by atoms with Crippen LogP contribution in [0.15, 0.2) is 48.5 Å². The highest BCUT2D eigenvalue weighted by Crippen LogP contribution is 2.22. The Bertz CT molecular complexity index is 689. The molecule has 2 aromatic carbocycles. The fourth-order valence-electron chi connectivity index (χ4n) is 3.25. The first kappa shape index (κ1) is 17.5. The van der Waals surface area contributed by atoms with Gasteiger partial charge >= 0.3 is 0 Å². The summed E-state index contributed by atoms with van der Waals surface area (Å²) in [6.07, 6.45) is 3.22. The number of amides is 1. The summed E-state index contributed by atoms with van der Waals surface area (Å²) in [5.41, 5.74) is 2.42. The molecule has 132 valence electrons. The molecule has 0 aromatic heterocycles. The van der Waals surface area contributed by atoms with Crippen LogP contribution in [0.3, 0.4) is 0 Å². The first-order chi connectivity index (χ1) is 12.1. The molecule has 1 heterocycles. The first-order valence-electron chi connectivity index (χ1n) is 8.82. The molecule has 0 unspecified atom stereocenters. The number of halogens is 1. The van der Waals surface area contributed by atoms with Gasteiger partial charge in [0.15, 0.2) is 0 Å². The van der Waals surface area contributed by atoms with E-state index in [1.807, 2.05) is 4.90 Å². The Balaban J connectivity index is 1.47. The van der Waals surface area contributed by atoms with Gasteiger partial charge in [0.05, 0.1) is 0 Å². The molecule has 1 amide bonds. The van der Waals surface area contributed by atoms with E-state index in [2.05, 4.69) is 24.3 Å². The molecule has 0 saturated carbocycles. The maximum Gasteiger partial charge on any atom is 0.219 e. The van der Waals surface area contributed by atoms with Crippen molar-refractivity contribution in [3.63, 3.8) is 0 Å². The monoisotopic (exact) mass is 341 g/mol. The number of ether oxygens (including phenoxy) is 1. The lowest BCUT2D eigenvalue weighted by molar-refractivity contribution is -0.130. The van der Waals surface area contributed by atoms with Crippen LogP contribution < -0.4 is 4.74 Å². The van der Waals surface area contributed by atoms with E-state index in [0.717, 1.165) is 37.9 Å². The van der Waals surface area contributed by atoms with Crippen molar-refractivity contribution in [3.8, 4) is 5.75 Å². The molecular formula is C21H24FNO2. The molecule has 0 atom stereocenters. The van der Waals surface area contributed by atoms with Gasteiger partial charge in [-0.05, 0) is 60.6 Å². The maximum absolute atomic E-state index is 12.9. The molecule has 0 spiro atoms. The highest BCUT2D eigenvalue weighted by Gasteiger charge is 2.20. The lowest BCUT2D eigenvalue weighted by atomic mass is 9.90. The van der Waals surface area contributed by atoms with Gasteiger partial charge in [-0.1, -0.05) is 24.3 Å². The largest absolute Gasteiger partial charge is 0.489 e. The van der Waals surface area contributed by atoms with Crippen LogP contribution >= 0.6 is 0 Å². The van der Waals surface area contributed by atoms with E-state index in [0.29, 0.717) is 18.3 Å². The van der Waals surface area contributed by atoms with Crippen LogP contribution in [0, 0.1) is 11.7 Å². The van der Waals surface area contributed by atoms with Gasteiger partial charge in [-0.15, -0.1) is 0 Å². The minimum absolute atomic E-state index is 0.184. The SMILES string of the molecule is CC(=O)N1CCC(Cc2ccc(COc3ccc(F)cc3)cc2)CC1. The predicted octanol–water partition coefficient (Wildman–Crippen LogP) is 4.21. The number of benzene rings is 2. The molecule has 0 bridgehead atoms. The summed E-state index contributed by atoms with van der Waals surface area (Å²) in [4.78, 5) is 13.3. The quantitative estimate of drug-likeness (QED) is 0.815. The van der Waals surface area contributed by atoms with Gasteiger partial charge in [-0.3, -0.25) is 4.79 Å². The fourth-order valence-corrected chi connectivity index (χ4v) is 3.25. The summed E-state index contributed by atoms with van der Waals surface area (Å²) >= 11 is 0. The molecule has 0 N–H and O–H groups in total. The number of carbonyl (C=O) groups is 1. The van der Waals surface area contributed by atoms with Crippen LogP contribution in [0.5, 0.6) is 5.75 Å². The average molecular weight is 341 g/mol. The summed E-state index contributed by atoms with van der Waals surface area (Å²) in [7, 11) is 0. The third-order valence-electron chi connectivity index (χ3n) is 4.83. The van der Waals surface area contributed by atoms with E-state index >= 15 is 0 Å². The molecule has 3 nitrogen and oxygen atoms in total. The lowest BCUT2D eigenvalue weighted by Gasteiger charge is -2.31. The second-order valence-electron chi connectivity index (χ2n) is 6.71. The lowest BCUT2D eigenvalue weighted by Crippen LogP contribution is -2.37. The van der Waals surface area contributed by atoms with E-state index < -0.39 is 0 Å². The molecule has 1 saturated heterocycles. The summed E-state index contributed by atoms with van der Waals surface area (Å²) in [6, 6.07) is 14.6. The van der Waals surface area contributed by atoms with Crippen LogP contribution in [0.1, 0.15) is 30.9 Å². The number of hydrogen-bond acceptors (Lipinski definition) is 2. The van der Waals surface area contributed by atoms with E-state index in [9.17, 15) is 9.18 Å². The molecule has 4 heteroatoms. The average Bonchev–Trinajstić information content (AvgIpc) is 2.63. The number of hydrogen-bond donors (Lipinski definition) is 0. The zero-order valence-corrected chi connectivity index (χ0v) is 14.6. The Kier molecular flexibility index (Phi) is 5.69. The molecule has 25 heavy (non-hydrogen) atoms. The third kappa shape index (κ3) is 5.05. The number of likely N-dealkylation sites (tertiary alicyclic amines) is 1. The molecule has 3 rings (SSSR count). The normalized spacial score (nSPS) is 15.2. The number of carbonyl (C=O) groups excluding carboxylic acids is 1. The highest BCUT2D eigenvalue weighted by atomic mass is 19.1. The molecule has 0 radical (unpaired) electrons. The Morgan fingerprint density at radius 1 is 1.04 bits per heavy atom. The Morgan fingerprint density at radius 3 is 2.24 bits per heavy atom. The summed E-state index contributed by atoms with van der Waals surface area (Å²) in [6.45, 7) is 3.88. The predicted molar refractivity (Wildman–Crippen MR) is 95.9 cm³/mol. The van der Waals surface area contributed by atoms with Crippen LogP contribution in [0.2, 0.25) is 0 Å². The molecule has 2 aromatic rings. The van der Waals surface area contributed by atoms with Crippen molar-refractivity contribution in [2.24, 2.45) is 5.92 Å². The van der Waals surface area contributed by atoms with E-state index in [4.69, 9.17) is 4.74 Å². The number of piperidine rings is 1. The van der Waals surface area contributed by atoms with Crippen molar-refractivity contribution >= 4 is 5.91 Å². The van der Waals surface area contributed by atoms with Crippen molar-refractivity contribution in [2.45, 2.75) is 32.8 Å². The topological polar surface area (TPSA) is 29.5 Å². The van der Waals surface area contributed by atoms with Crippen molar-refractivity contribution < 1.29 is 13.9 Å². The summed E-state index contributed by atoms with van der Waals surface area (Å²) in [5.74, 6) is 1.24. The fraction of sp³-hybridized carbons (Fsp3) is 0.381. The van der Waals surface area contributed by atoms with Gasteiger partial charge in [0.1, 0.15) is 18.2 Å². The van der Waals surface area contributed by atoms with Crippen LogP contribution in [-0.4, -0.2) is 23.9 Å². The zero-order chi connectivity index (χ0) is 17.6. The minimum atomic E-state index is -0.258. The highest BCUT2D eigenvalue weighted by molar-refractivity contribution is 5.73. The maximum atomic E-state index is 12.9. The third-order valence-corrected chi connectivity index (χ3v) is 4.83. The van der Waals surface area contributed by atoms with E-state index in [1.165, 1.54) is 17.7 Å². The van der Waals surface area contributed by atoms with Crippen LogP contribution in [-0.2, 0) is 17.8 Å². The standard InChI is InChI=1S/C21H24FNO2/c1-16(24)23-12-10-18(11-13-23)14-17-2-4-19(5-3-17)15-25-21-8-6-20(22)7-9-21/h2-9,18H,10-15H2,1H3. The van der Waals surface area contributed by atoms with Crippen molar-refractivity contribution in [3.05, 3.63) is 65.5 Å². The molecule has 1 aliphatic rings. The molecule has 1 aliphatic heterocycles. The van der Waals surface area contributed by atoms with Crippen molar-refractivity contribution in [1.82, 2.24) is 4.90 Å². The summed E-state index contributed by atoms with van der Waals surface area (Å²) in [5, 5.41) is 0. The van der Waals surface area contributed by atoms with Crippen molar-refractivity contribution in [1.29, 1.82) is 0 Å².